The van der Waals surface area contributed by atoms with Crippen molar-refractivity contribution in [2.45, 2.75) is 32.7 Å². The molecule has 1 N–H and O–H groups in total. The van der Waals surface area contributed by atoms with Gasteiger partial charge >= 0.3 is 29.6 Å². The van der Waals surface area contributed by atoms with E-state index in [4.69, 9.17) is 5.41 Å². The Morgan fingerprint density at radius 3 is 2.80 bits per heavy atom. The van der Waals surface area contributed by atoms with E-state index >= 15 is 0 Å². The SMILES string of the molecule is CC1=NC(=N)C(C)(N=NO[O-])CC1C.[Na+]. The van der Waals surface area contributed by atoms with Gasteiger partial charge in [0.1, 0.15) is 11.4 Å². The normalized spacial score (nSPS) is 31.1. The van der Waals surface area contributed by atoms with Crippen LogP contribution >= 0.6 is 0 Å². The number of nitrogens with one attached hydrogen (secondary N) is 1. The van der Waals surface area contributed by atoms with Crippen LogP contribution in [0.4, 0.5) is 0 Å². The molecule has 0 aromatic carbocycles. The van der Waals surface area contributed by atoms with Crippen LogP contribution in [0.25, 0.3) is 0 Å². The first kappa shape index (κ1) is 14.7. The summed E-state index contributed by atoms with van der Waals surface area (Å²) >= 11 is 0. The Hall–Kier alpha value is -0.300. The summed E-state index contributed by atoms with van der Waals surface area (Å²) in [5.41, 5.74) is 0.0780. The predicted molar refractivity (Wildman–Crippen MR) is 49.0 cm³/mol. The molecule has 0 saturated heterocycles. The molecule has 78 valence electrons. The largest absolute Gasteiger partial charge is 1.00 e. The maximum atomic E-state index is 9.70. The summed E-state index contributed by atoms with van der Waals surface area (Å²) in [5.74, 6) is 0.355. The molecule has 0 aromatic rings. The van der Waals surface area contributed by atoms with Crippen LogP contribution in [0.5, 0.6) is 0 Å². The van der Waals surface area contributed by atoms with E-state index in [1.54, 1.807) is 6.92 Å². The van der Waals surface area contributed by atoms with Crippen molar-refractivity contribution in [3.8, 4) is 0 Å². The summed E-state index contributed by atoms with van der Waals surface area (Å²) in [5, 5.41) is 23.9. The van der Waals surface area contributed by atoms with Gasteiger partial charge in [-0.3, -0.25) is 5.41 Å². The number of aliphatic imine (C=N–C) groups is 1. The minimum atomic E-state index is -0.830. The summed E-state index contributed by atoms with van der Waals surface area (Å²) in [6.45, 7) is 5.58. The Morgan fingerprint density at radius 2 is 2.27 bits per heavy atom. The number of rotatable bonds is 2. The Labute approximate surface area is 111 Å². The molecular formula is C8H13N4NaO2. The molecule has 1 aliphatic rings. The molecule has 0 amide bonds. The molecule has 0 saturated carbocycles. The molecule has 0 aromatic heterocycles. The number of hydrogen-bond acceptors (Lipinski definition) is 5. The van der Waals surface area contributed by atoms with Gasteiger partial charge in [-0.25, -0.2) is 4.99 Å². The van der Waals surface area contributed by atoms with Crippen molar-refractivity contribution < 1.29 is 39.8 Å². The second-order valence-corrected chi connectivity index (χ2v) is 3.74. The second kappa shape index (κ2) is 5.69. The van der Waals surface area contributed by atoms with E-state index in [0.717, 1.165) is 5.71 Å². The fraction of sp³-hybridized carbons (Fsp3) is 0.750. The molecule has 7 heteroatoms. The van der Waals surface area contributed by atoms with Gasteiger partial charge in [0, 0.05) is 11.0 Å². The topological polar surface area (TPSA) is 93.2 Å². The van der Waals surface area contributed by atoms with Crippen LogP contribution in [0.1, 0.15) is 27.2 Å². The molecule has 15 heavy (non-hydrogen) atoms. The van der Waals surface area contributed by atoms with Gasteiger partial charge in [0.25, 0.3) is 0 Å². The predicted octanol–water partition coefficient (Wildman–Crippen LogP) is -2.11. The van der Waals surface area contributed by atoms with Crippen molar-refractivity contribution in [3.63, 3.8) is 0 Å². The van der Waals surface area contributed by atoms with Gasteiger partial charge in [-0.05, 0) is 26.2 Å². The van der Waals surface area contributed by atoms with E-state index < -0.39 is 5.54 Å². The summed E-state index contributed by atoms with van der Waals surface area (Å²) in [6.07, 6.45) is 0.619. The van der Waals surface area contributed by atoms with Gasteiger partial charge < -0.3 is 10.2 Å². The van der Waals surface area contributed by atoms with Gasteiger partial charge in [-0.15, -0.1) is 5.11 Å². The van der Waals surface area contributed by atoms with Gasteiger partial charge in [0.2, 0.25) is 0 Å². The van der Waals surface area contributed by atoms with Gasteiger partial charge in [0.15, 0.2) is 0 Å². The van der Waals surface area contributed by atoms with E-state index in [1.165, 1.54) is 0 Å². The van der Waals surface area contributed by atoms with Crippen molar-refractivity contribution in [1.82, 2.24) is 0 Å². The minimum Gasteiger partial charge on any atom is -0.636 e. The summed E-state index contributed by atoms with van der Waals surface area (Å²) in [4.78, 5) is 7.34. The van der Waals surface area contributed by atoms with Crippen molar-refractivity contribution in [1.29, 1.82) is 5.41 Å². The average Bonchev–Trinajstić information content (AvgIpc) is 2.12. The smallest absolute Gasteiger partial charge is 0.636 e. The molecule has 1 heterocycles. The van der Waals surface area contributed by atoms with E-state index in [2.05, 4.69) is 20.4 Å². The summed E-state index contributed by atoms with van der Waals surface area (Å²) in [7, 11) is 0. The fourth-order valence-corrected chi connectivity index (χ4v) is 1.44. The van der Waals surface area contributed by atoms with Crippen LogP contribution in [0.2, 0.25) is 0 Å². The number of nitrogens with zero attached hydrogens (tertiary/aromatic N) is 3. The van der Waals surface area contributed by atoms with Crippen LogP contribution in [0.3, 0.4) is 0 Å². The second-order valence-electron chi connectivity index (χ2n) is 3.74. The summed E-state index contributed by atoms with van der Waals surface area (Å²) < 4.78 is 0. The molecule has 0 aliphatic carbocycles. The van der Waals surface area contributed by atoms with Crippen LogP contribution in [-0.2, 0) is 4.99 Å². The molecular weight excluding hydrogens is 207 g/mol. The number of hydrogen-bond donors (Lipinski definition) is 1. The summed E-state index contributed by atoms with van der Waals surface area (Å²) in [6, 6.07) is 0. The van der Waals surface area contributed by atoms with Gasteiger partial charge in [-0.2, -0.15) is 0 Å². The molecule has 0 spiro atoms. The van der Waals surface area contributed by atoms with Crippen molar-refractivity contribution in [3.05, 3.63) is 0 Å². The third-order valence-corrected chi connectivity index (χ3v) is 2.51. The first-order valence-corrected chi connectivity index (χ1v) is 4.35. The Morgan fingerprint density at radius 1 is 1.67 bits per heavy atom. The molecule has 0 fully saturated rings. The third-order valence-electron chi connectivity index (χ3n) is 2.51. The molecule has 6 nitrogen and oxygen atoms in total. The zero-order chi connectivity index (χ0) is 10.8. The molecule has 1 rings (SSSR count). The third kappa shape index (κ3) is 3.34. The Kier molecular flexibility index (Phi) is 5.58. The standard InChI is InChI=1S/C8H14N4O2.Na/c1-5-4-8(3,11-12-14-13)7(9)10-6(5)2;/h5,9,13H,4H2,1-3H3;/q;+1/p-1. The van der Waals surface area contributed by atoms with Crippen LogP contribution in [0.15, 0.2) is 15.4 Å². The van der Waals surface area contributed by atoms with E-state index in [0.29, 0.717) is 6.42 Å². The quantitative estimate of drug-likeness (QED) is 0.249. The Balaban J connectivity index is 0.00000196. The first-order chi connectivity index (χ1) is 6.49. The van der Waals surface area contributed by atoms with Crippen molar-refractivity contribution in [2.24, 2.45) is 21.3 Å². The van der Waals surface area contributed by atoms with Crippen molar-refractivity contribution >= 4 is 11.5 Å². The minimum absolute atomic E-state index is 0. The fourth-order valence-electron chi connectivity index (χ4n) is 1.44. The maximum absolute atomic E-state index is 9.70. The van der Waals surface area contributed by atoms with Crippen LogP contribution in [-0.4, -0.2) is 17.1 Å². The monoisotopic (exact) mass is 220 g/mol. The molecule has 0 bridgehead atoms. The molecule has 2 unspecified atom stereocenters. The van der Waals surface area contributed by atoms with E-state index in [-0.39, 0.29) is 41.3 Å². The van der Waals surface area contributed by atoms with E-state index in [1.807, 2.05) is 13.8 Å². The van der Waals surface area contributed by atoms with Crippen LogP contribution < -0.4 is 34.8 Å². The van der Waals surface area contributed by atoms with Gasteiger partial charge in [-0.1, -0.05) is 6.92 Å². The zero-order valence-corrected chi connectivity index (χ0v) is 11.4. The molecule has 1 aliphatic heterocycles. The number of amidine groups is 1. The van der Waals surface area contributed by atoms with Crippen LogP contribution in [0, 0.1) is 11.3 Å². The maximum Gasteiger partial charge on any atom is 1.00 e. The van der Waals surface area contributed by atoms with E-state index in [9.17, 15) is 5.26 Å². The molecule has 2 atom stereocenters. The Bertz CT molecular complexity index is 305. The average molecular weight is 220 g/mol. The van der Waals surface area contributed by atoms with Crippen molar-refractivity contribution in [2.75, 3.05) is 0 Å². The zero-order valence-electron chi connectivity index (χ0n) is 9.44. The first-order valence-electron chi connectivity index (χ1n) is 4.35. The van der Waals surface area contributed by atoms with Gasteiger partial charge in [0.05, 0.1) is 0 Å². The molecule has 0 radical (unpaired) electrons.